The van der Waals surface area contributed by atoms with Crippen molar-refractivity contribution in [1.29, 1.82) is 0 Å². The highest BCUT2D eigenvalue weighted by Crippen LogP contribution is 2.24. The van der Waals surface area contributed by atoms with Crippen LogP contribution in [-0.4, -0.2) is 54.4 Å². The maximum atomic E-state index is 12.5. The molecule has 2 fully saturated rings. The topological polar surface area (TPSA) is 49.9 Å². The zero-order chi connectivity index (χ0) is 18.5. The quantitative estimate of drug-likeness (QED) is 0.813. The molecule has 0 bridgehead atoms. The molecule has 0 radical (unpaired) electrons. The summed E-state index contributed by atoms with van der Waals surface area (Å²) in [7, 11) is 0. The Morgan fingerprint density at radius 3 is 2.46 bits per heavy atom. The summed E-state index contributed by atoms with van der Waals surface area (Å²) < 4.78 is 5.80. The number of hydrogen-bond acceptors (Lipinski definition) is 3. The van der Waals surface area contributed by atoms with Crippen molar-refractivity contribution in [2.75, 3.05) is 32.8 Å². The summed E-state index contributed by atoms with van der Waals surface area (Å²) in [6.45, 7) is 7.39. The van der Waals surface area contributed by atoms with E-state index in [2.05, 4.69) is 0 Å². The van der Waals surface area contributed by atoms with Crippen LogP contribution in [0.15, 0.2) is 18.2 Å². The highest BCUT2D eigenvalue weighted by atomic mass is 16.5. The van der Waals surface area contributed by atoms with Crippen LogP contribution in [0.1, 0.15) is 43.2 Å². The molecule has 142 valence electrons. The fourth-order valence-corrected chi connectivity index (χ4v) is 3.98. The summed E-state index contributed by atoms with van der Waals surface area (Å²) in [6.07, 6.45) is 4.80. The van der Waals surface area contributed by atoms with Crippen LogP contribution < -0.4 is 4.74 Å². The maximum Gasteiger partial charge on any atom is 0.260 e. The summed E-state index contributed by atoms with van der Waals surface area (Å²) in [5, 5.41) is 0. The van der Waals surface area contributed by atoms with Crippen LogP contribution in [-0.2, 0) is 9.59 Å². The summed E-state index contributed by atoms with van der Waals surface area (Å²) in [6, 6.07) is 6.00. The molecule has 2 aliphatic heterocycles. The number of rotatable bonds is 5. The highest BCUT2D eigenvalue weighted by molar-refractivity contribution is 5.78. The molecule has 5 nitrogen and oxygen atoms in total. The van der Waals surface area contributed by atoms with Gasteiger partial charge >= 0.3 is 0 Å². The van der Waals surface area contributed by atoms with Crippen molar-refractivity contribution in [2.24, 2.45) is 5.92 Å². The minimum Gasteiger partial charge on any atom is -0.483 e. The molecule has 5 heteroatoms. The number of likely N-dealkylation sites (tertiary alicyclic amines) is 2. The van der Waals surface area contributed by atoms with Gasteiger partial charge in [-0.2, -0.15) is 0 Å². The van der Waals surface area contributed by atoms with Crippen molar-refractivity contribution in [3.63, 3.8) is 0 Å². The van der Waals surface area contributed by atoms with E-state index in [-0.39, 0.29) is 12.5 Å². The molecule has 0 spiro atoms. The van der Waals surface area contributed by atoms with E-state index in [1.165, 1.54) is 0 Å². The molecule has 2 heterocycles. The first kappa shape index (κ1) is 18.7. The largest absolute Gasteiger partial charge is 0.483 e. The molecule has 0 unspecified atom stereocenters. The van der Waals surface area contributed by atoms with E-state index in [9.17, 15) is 9.59 Å². The van der Waals surface area contributed by atoms with Gasteiger partial charge in [0.25, 0.3) is 5.91 Å². The Morgan fingerprint density at radius 2 is 1.81 bits per heavy atom. The molecule has 1 aromatic carbocycles. The molecular formula is C21H30N2O3. The van der Waals surface area contributed by atoms with Gasteiger partial charge in [-0.15, -0.1) is 0 Å². The van der Waals surface area contributed by atoms with Crippen LogP contribution in [0.25, 0.3) is 0 Å². The van der Waals surface area contributed by atoms with Gasteiger partial charge in [0.15, 0.2) is 6.61 Å². The van der Waals surface area contributed by atoms with E-state index in [0.29, 0.717) is 18.2 Å². The molecule has 2 saturated heterocycles. The van der Waals surface area contributed by atoms with Gasteiger partial charge in [0, 0.05) is 32.6 Å². The molecular weight excluding hydrogens is 328 g/mol. The van der Waals surface area contributed by atoms with Crippen molar-refractivity contribution in [3.05, 3.63) is 29.3 Å². The smallest absolute Gasteiger partial charge is 0.260 e. The lowest BCUT2D eigenvalue weighted by molar-refractivity contribution is -0.137. The van der Waals surface area contributed by atoms with Crippen molar-refractivity contribution in [2.45, 2.75) is 46.0 Å². The number of ether oxygens (including phenoxy) is 1. The predicted molar refractivity (Wildman–Crippen MR) is 101 cm³/mol. The Labute approximate surface area is 156 Å². The standard InChI is InChI=1S/C21H30N2O3/c1-16-6-5-7-17(2)21(16)26-15-20(25)22-12-9-18(10-13-22)14-23-11-4-3-8-19(23)24/h5-7,18H,3-4,8-15H2,1-2H3. The monoisotopic (exact) mass is 358 g/mol. The second-order valence-corrected chi connectivity index (χ2v) is 7.63. The van der Waals surface area contributed by atoms with Gasteiger partial charge in [0.1, 0.15) is 5.75 Å². The fraction of sp³-hybridized carbons (Fsp3) is 0.619. The second kappa shape index (κ2) is 8.56. The molecule has 0 aliphatic carbocycles. The number of benzene rings is 1. The minimum atomic E-state index is 0.0557. The van der Waals surface area contributed by atoms with Crippen LogP contribution in [0.4, 0.5) is 0 Å². The molecule has 0 atom stereocenters. The number of carbonyl (C=O) groups excluding carboxylic acids is 2. The normalized spacial score (nSPS) is 18.9. The molecule has 2 aliphatic rings. The lowest BCUT2D eigenvalue weighted by Crippen LogP contribution is -2.45. The third kappa shape index (κ3) is 4.57. The zero-order valence-corrected chi connectivity index (χ0v) is 16.0. The van der Waals surface area contributed by atoms with E-state index >= 15 is 0 Å². The minimum absolute atomic E-state index is 0.0557. The zero-order valence-electron chi connectivity index (χ0n) is 16.0. The third-order valence-electron chi connectivity index (χ3n) is 5.62. The fourth-order valence-electron chi connectivity index (χ4n) is 3.98. The van der Waals surface area contributed by atoms with Gasteiger partial charge in [0.05, 0.1) is 0 Å². The van der Waals surface area contributed by atoms with Crippen molar-refractivity contribution in [3.8, 4) is 5.75 Å². The van der Waals surface area contributed by atoms with E-state index in [1.54, 1.807) is 0 Å². The first-order chi connectivity index (χ1) is 12.5. The van der Waals surface area contributed by atoms with E-state index in [1.807, 2.05) is 41.8 Å². The lowest BCUT2D eigenvalue weighted by Gasteiger charge is -2.36. The van der Waals surface area contributed by atoms with Crippen LogP contribution in [0.2, 0.25) is 0 Å². The molecule has 0 saturated carbocycles. The Kier molecular flexibility index (Phi) is 6.17. The van der Waals surface area contributed by atoms with Crippen molar-refractivity contribution < 1.29 is 14.3 Å². The summed E-state index contributed by atoms with van der Waals surface area (Å²) in [4.78, 5) is 28.4. The van der Waals surface area contributed by atoms with Crippen molar-refractivity contribution in [1.82, 2.24) is 9.80 Å². The summed E-state index contributed by atoms with van der Waals surface area (Å²) >= 11 is 0. The number of para-hydroxylation sites is 1. The predicted octanol–water partition coefficient (Wildman–Crippen LogP) is 2.93. The third-order valence-corrected chi connectivity index (χ3v) is 5.62. The Bertz CT molecular complexity index is 630. The molecule has 0 N–H and O–H groups in total. The number of piperidine rings is 2. The molecule has 3 rings (SSSR count). The molecule has 1 aromatic rings. The molecule has 2 amide bonds. The number of aryl methyl sites for hydroxylation is 2. The second-order valence-electron chi connectivity index (χ2n) is 7.63. The number of hydrogen-bond donors (Lipinski definition) is 0. The highest BCUT2D eigenvalue weighted by Gasteiger charge is 2.27. The Hall–Kier alpha value is -2.04. The average Bonchev–Trinajstić information content (AvgIpc) is 2.64. The van der Waals surface area contributed by atoms with Crippen LogP contribution in [0, 0.1) is 19.8 Å². The lowest BCUT2D eigenvalue weighted by atomic mass is 9.95. The van der Waals surface area contributed by atoms with Gasteiger partial charge in [-0.05, 0) is 56.6 Å². The first-order valence-electron chi connectivity index (χ1n) is 9.79. The van der Waals surface area contributed by atoms with Gasteiger partial charge in [0.2, 0.25) is 5.91 Å². The summed E-state index contributed by atoms with van der Waals surface area (Å²) in [5.74, 6) is 1.69. The van der Waals surface area contributed by atoms with Crippen LogP contribution in [0.3, 0.4) is 0 Å². The van der Waals surface area contributed by atoms with E-state index in [0.717, 1.165) is 68.7 Å². The van der Waals surface area contributed by atoms with E-state index < -0.39 is 0 Å². The molecule has 26 heavy (non-hydrogen) atoms. The van der Waals surface area contributed by atoms with Gasteiger partial charge < -0.3 is 14.5 Å². The van der Waals surface area contributed by atoms with Crippen LogP contribution >= 0.6 is 0 Å². The average molecular weight is 358 g/mol. The first-order valence-corrected chi connectivity index (χ1v) is 9.79. The van der Waals surface area contributed by atoms with Gasteiger partial charge in [-0.25, -0.2) is 0 Å². The van der Waals surface area contributed by atoms with E-state index in [4.69, 9.17) is 4.74 Å². The molecule has 0 aromatic heterocycles. The van der Waals surface area contributed by atoms with Gasteiger partial charge in [-0.1, -0.05) is 18.2 Å². The Morgan fingerprint density at radius 1 is 1.12 bits per heavy atom. The SMILES string of the molecule is Cc1cccc(C)c1OCC(=O)N1CCC(CN2CCCCC2=O)CC1. The van der Waals surface area contributed by atoms with Gasteiger partial charge in [-0.3, -0.25) is 9.59 Å². The summed E-state index contributed by atoms with van der Waals surface area (Å²) in [5.41, 5.74) is 2.12. The maximum absolute atomic E-state index is 12.5. The number of nitrogens with zero attached hydrogens (tertiary/aromatic N) is 2. The Balaban J connectivity index is 1.44. The number of amides is 2. The number of carbonyl (C=O) groups is 2. The van der Waals surface area contributed by atoms with Crippen molar-refractivity contribution >= 4 is 11.8 Å². The van der Waals surface area contributed by atoms with Crippen LogP contribution in [0.5, 0.6) is 5.75 Å².